The minimum atomic E-state index is -0.800. The second-order valence-electron chi connectivity index (χ2n) is 23.8. The molecule has 0 radical (unpaired) electrons. The molecule has 6 nitrogen and oxygen atoms in total. The minimum absolute atomic E-state index is 0.0914. The highest BCUT2D eigenvalue weighted by molar-refractivity contribution is 5.71. The molecule has 0 aromatic rings. The summed E-state index contributed by atoms with van der Waals surface area (Å²) in [6, 6.07) is 0. The van der Waals surface area contributed by atoms with Crippen LogP contribution in [0.25, 0.3) is 0 Å². The van der Waals surface area contributed by atoms with Gasteiger partial charge in [0.2, 0.25) is 0 Å². The van der Waals surface area contributed by atoms with Crippen molar-refractivity contribution in [3.05, 3.63) is 97.2 Å². The highest BCUT2D eigenvalue weighted by Crippen LogP contribution is 2.18. The van der Waals surface area contributed by atoms with Gasteiger partial charge in [0, 0.05) is 19.3 Å². The molecule has 0 rings (SSSR count). The van der Waals surface area contributed by atoms with Crippen LogP contribution in [0.1, 0.15) is 355 Å². The van der Waals surface area contributed by atoms with Crippen LogP contribution in [-0.2, 0) is 28.6 Å². The average Bonchev–Trinajstić information content (AvgIpc) is 3.48. The molecule has 0 saturated carbocycles. The summed E-state index contributed by atoms with van der Waals surface area (Å²) in [7, 11) is 0. The number of allylic oxidation sites excluding steroid dienone is 16. The molecule has 0 saturated heterocycles. The Morgan fingerprint density at radius 1 is 0.253 bits per heavy atom. The number of unbranched alkanes of at least 4 members (excludes halogenated alkanes) is 38. The van der Waals surface area contributed by atoms with Crippen LogP contribution in [0.5, 0.6) is 0 Å². The van der Waals surface area contributed by atoms with E-state index in [0.717, 1.165) is 122 Å². The quantitative estimate of drug-likeness (QED) is 0.0261. The molecular weight excluding hydrogens is 1020 g/mol. The Bertz CT molecular complexity index is 1610. The molecule has 0 spiro atoms. The summed E-state index contributed by atoms with van der Waals surface area (Å²) in [5.74, 6) is -0.921. The Hall–Kier alpha value is -3.67. The molecule has 0 aromatic carbocycles. The average molecular weight is 1160 g/mol. The molecular formula is C77H134O6. The molecule has 6 heteroatoms. The summed E-state index contributed by atoms with van der Waals surface area (Å²) < 4.78 is 16.9. The summed E-state index contributed by atoms with van der Waals surface area (Å²) in [5.41, 5.74) is 0. The van der Waals surface area contributed by atoms with E-state index in [9.17, 15) is 14.4 Å². The van der Waals surface area contributed by atoms with E-state index in [2.05, 4.69) is 118 Å². The Balaban J connectivity index is 4.25. The first-order valence-corrected chi connectivity index (χ1v) is 35.7. The fourth-order valence-corrected chi connectivity index (χ4v) is 10.2. The second kappa shape index (κ2) is 70.8. The largest absolute Gasteiger partial charge is 0.462 e. The minimum Gasteiger partial charge on any atom is -0.462 e. The van der Waals surface area contributed by atoms with Gasteiger partial charge < -0.3 is 14.2 Å². The van der Waals surface area contributed by atoms with E-state index in [-0.39, 0.29) is 37.5 Å². The van der Waals surface area contributed by atoms with Crippen LogP contribution in [0.15, 0.2) is 97.2 Å². The van der Waals surface area contributed by atoms with Crippen LogP contribution in [0, 0.1) is 0 Å². The lowest BCUT2D eigenvalue weighted by Gasteiger charge is -2.18. The molecule has 0 aliphatic rings. The molecule has 0 N–H and O–H groups in total. The van der Waals surface area contributed by atoms with Gasteiger partial charge >= 0.3 is 17.9 Å². The molecule has 1 atom stereocenters. The van der Waals surface area contributed by atoms with Crippen molar-refractivity contribution in [3.8, 4) is 0 Å². The van der Waals surface area contributed by atoms with Crippen LogP contribution in [0.3, 0.4) is 0 Å². The first-order valence-electron chi connectivity index (χ1n) is 35.7. The maximum absolute atomic E-state index is 12.9. The number of rotatable bonds is 65. The maximum atomic E-state index is 12.9. The third-order valence-electron chi connectivity index (χ3n) is 15.6. The Labute approximate surface area is 515 Å². The van der Waals surface area contributed by atoms with Gasteiger partial charge in [-0.3, -0.25) is 14.4 Å². The summed E-state index contributed by atoms with van der Waals surface area (Å²) in [6.45, 7) is 6.50. The lowest BCUT2D eigenvalue weighted by Crippen LogP contribution is -2.30. The van der Waals surface area contributed by atoms with Crippen molar-refractivity contribution in [1.82, 2.24) is 0 Å². The first-order chi connectivity index (χ1) is 41.0. The summed E-state index contributed by atoms with van der Waals surface area (Å²) >= 11 is 0. The van der Waals surface area contributed by atoms with Crippen molar-refractivity contribution in [3.63, 3.8) is 0 Å². The number of hydrogen-bond donors (Lipinski definition) is 0. The zero-order chi connectivity index (χ0) is 59.9. The summed E-state index contributed by atoms with van der Waals surface area (Å²) in [4.78, 5) is 38.4. The summed E-state index contributed by atoms with van der Waals surface area (Å²) in [5, 5.41) is 0. The number of carbonyl (C=O) groups excluding carboxylic acids is 3. The van der Waals surface area contributed by atoms with Gasteiger partial charge in [-0.25, -0.2) is 0 Å². The lowest BCUT2D eigenvalue weighted by atomic mass is 10.0. The van der Waals surface area contributed by atoms with Crippen LogP contribution in [0.2, 0.25) is 0 Å². The molecule has 0 amide bonds. The van der Waals surface area contributed by atoms with Crippen molar-refractivity contribution >= 4 is 17.9 Å². The van der Waals surface area contributed by atoms with Crippen LogP contribution >= 0.6 is 0 Å². The molecule has 0 aliphatic carbocycles. The van der Waals surface area contributed by atoms with E-state index in [1.54, 1.807) is 0 Å². The van der Waals surface area contributed by atoms with Gasteiger partial charge in [0.25, 0.3) is 0 Å². The third-order valence-corrected chi connectivity index (χ3v) is 15.6. The van der Waals surface area contributed by atoms with Crippen molar-refractivity contribution in [1.29, 1.82) is 0 Å². The van der Waals surface area contributed by atoms with Gasteiger partial charge in [0.15, 0.2) is 6.10 Å². The van der Waals surface area contributed by atoms with Gasteiger partial charge in [-0.2, -0.15) is 0 Å². The fraction of sp³-hybridized carbons (Fsp3) is 0.753. The molecule has 1 unspecified atom stereocenters. The predicted octanol–water partition coefficient (Wildman–Crippen LogP) is 24.8. The monoisotopic (exact) mass is 1160 g/mol. The van der Waals surface area contributed by atoms with Crippen molar-refractivity contribution in [2.75, 3.05) is 13.2 Å². The van der Waals surface area contributed by atoms with Gasteiger partial charge in [-0.05, 0) is 96.3 Å². The summed E-state index contributed by atoms with van der Waals surface area (Å²) in [6.07, 6.45) is 96.0. The van der Waals surface area contributed by atoms with E-state index >= 15 is 0 Å². The first kappa shape index (κ1) is 79.3. The Morgan fingerprint density at radius 3 is 0.795 bits per heavy atom. The standard InChI is InChI=1S/C77H134O6/c1-4-7-10-13-16-19-22-24-26-28-30-32-34-36-37-38-39-41-42-44-46-48-50-52-55-58-61-64-67-70-76(79)82-73-74(72-81-75(78)69-66-63-60-57-54-21-18-15-12-9-6-3)83-77(80)71-68-65-62-59-56-53-51-49-47-45-43-40-35-33-31-29-27-25-23-20-17-14-11-8-5-2/h8,11,15,17-18,20,25,27,31,33,40,43,47,49,53,56,74H,4-7,9-10,12-14,16,19,21-24,26,28-30,32,34-39,41-42,44-46,48,50-52,54-55,57-73H2,1-3H3/b11-8-,18-15-,20-17-,27-25-,33-31-,43-40-,49-47-,56-53-. The molecule has 0 bridgehead atoms. The Kier molecular flexibility index (Phi) is 67.7. The normalized spacial score (nSPS) is 12.7. The SMILES string of the molecule is CC/C=C\C/C=C\C/C=C\C/C=C\C/C=C\C/C=C\C/C=C\CCCCCC(=O)OC(COC(=O)CCCCCCC/C=C\CCCC)COC(=O)CCCCCCCCCCCCCCCCCCCCCCCCCCCCCCC. The second-order valence-corrected chi connectivity index (χ2v) is 23.8. The van der Waals surface area contributed by atoms with Gasteiger partial charge in [0.05, 0.1) is 0 Å². The molecule has 0 aromatic heterocycles. The van der Waals surface area contributed by atoms with E-state index in [0.29, 0.717) is 12.8 Å². The molecule has 0 aliphatic heterocycles. The zero-order valence-electron chi connectivity index (χ0n) is 54.9. The van der Waals surface area contributed by atoms with Crippen molar-refractivity contribution in [2.45, 2.75) is 361 Å². The van der Waals surface area contributed by atoms with Gasteiger partial charge in [-0.15, -0.1) is 0 Å². The van der Waals surface area contributed by atoms with Gasteiger partial charge in [-0.1, -0.05) is 336 Å². The number of ether oxygens (including phenoxy) is 3. The van der Waals surface area contributed by atoms with Crippen LogP contribution in [0.4, 0.5) is 0 Å². The third kappa shape index (κ3) is 69.0. The zero-order valence-corrected chi connectivity index (χ0v) is 54.9. The maximum Gasteiger partial charge on any atom is 0.306 e. The predicted molar refractivity (Wildman–Crippen MR) is 362 cm³/mol. The van der Waals surface area contributed by atoms with E-state index in [4.69, 9.17) is 14.2 Å². The number of carbonyl (C=O) groups is 3. The topological polar surface area (TPSA) is 78.9 Å². The number of esters is 3. The molecule has 0 fully saturated rings. The Morgan fingerprint density at radius 2 is 0.482 bits per heavy atom. The molecule has 478 valence electrons. The van der Waals surface area contributed by atoms with Crippen LogP contribution in [-0.4, -0.2) is 37.2 Å². The fourth-order valence-electron chi connectivity index (χ4n) is 10.2. The highest BCUT2D eigenvalue weighted by Gasteiger charge is 2.19. The highest BCUT2D eigenvalue weighted by atomic mass is 16.6. The van der Waals surface area contributed by atoms with E-state index in [1.807, 2.05) is 0 Å². The van der Waals surface area contributed by atoms with Gasteiger partial charge in [0.1, 0.15) is 13.2 Å². The van der Waals surface area contributed by atoms with E-state index < -0.39 is 6.10 Å². The number of hydrogen-bond acceptors (Lipinski definition) is 6. The van der Waals surface area contributed by atoms with E-state index in [1.165, 1.54) is 193 Å². The smallest absolute Gasteiger partial charge is 0.306 e. The van der Waals surface area contributed by atoms with Crippen molar-refractivity contribution in [2.24, 2.45) is 0 Å². The molecule has 0 heterocycles. The van der Waals surface area contributed by atoms with Crippen LogP contribution < -0.4 is 0 Å². The molecule has 83 heavy (non-hydrogen) atoms. The lowest BCUT2D eigenvalue weighted by molar-refractivity contribution is -0.167. The van der Waals surface area contributed by atoms with Crippen molar-refractivity contribution < 1.29 is 28.6 Å².